The van der Waals surface area contributed by atoms with Gasteiger partial charge in [0.1, 0.15) is 5.01 Å². The summed E-state index contributed by atoms with van der Waals surface area (Å²) in [6.07, 6.45) is 7.62. The van der Waals surface area contributed by atoms with Crippen molar-refractivity contribution in [3.63, 3.8) is 0 Å². The number of rotatable bonds is 3. The third kappa shape index (κ3) is 3.38. The summed E-state index contributed by atoms with van der Waals surface area (Å²) in [5.41, 5.74) is 4.24. The SMILES string of the molecule is O=C1C(=Cc2cc3sc(-c4ccccc4)nc3n2C2CCCCC2)C(=O)c2cc3ccccc3cc21. The number of benzene rings is 3. The van der Waals surface area contributed by atoms with Crippen molar-refractivity contribution in [1.29, 1.82) is 0 Å². The summed E-state index contributed by atoms with van der Waals surface area (Å²) in [7, 11) is 0. The molecule has 3 aromatic carbocycles. The van der Waals surface area contributed by atoms with Gasteiger partial charge < -0.3 is 4.57 Å². The van der Waals surface area contributed by atoms with Crippen molar-refractivity contribution >= 4 is 50.1 Å². The lowest BCUT2D eigenvalue weighted by molar-refractivity contribution is 0.0990. The van der Waals surface area contributed by atoms with E-state index in [1.54, 1.807) is 11.3 Å². The first kappa shape index (κ1) is 21.5. The molecule has 5 heteroatoms. The minimum Gasteiger partial charge on any atom is -0.322 e. The van der Waals surface area contributed by atoms with E-state index in [2.05, 4.69) is 22.8 Å². The first-order chi connectivity index (χ1) is 17.7. The van der Waals surface area contributed by atoms with Crippen molar-refractivity contribution in [3.05, 3.63) is 95.2 Å². The summed E-state index contributed by atoms with van der Waals surface area (Å²) in [5, 5.41) is 2.95. The zero-order valence-electron chi connectivity index (χ0n) is 19.7. The smallest absolute Gasteiger partial charge is 0.197 e. The molecule has 2 heterocycles. The number of carbonyl (C=O) groups excluding carboxylic acids is 2. The number of nitrogens with zero attached hydrogens (tertiary/aromatic N) is 2. The average molecular weight is 489 g/mol. The van der Waals surface area contributed by atoms with Gasteiger partial charge in [0.05, 0.1) is 10.3 Å². The van der Waals surface area contributed by atoms with Crippen molar-refractivity contribution < 1.29 is 9.59 Å². The lowest BCUT2D eigenvalue weighted by atomic mass is 9.95. The molecule has 0 bridgehead atoms. The summed E-state index contributed by atoms with van der Waals surface area (Å²) < 4.78 is 3.39. The molecule has 1 fully saturated rings. The Hall–Kier alpha value is -3.83. The second-order valence-electron chi connectivity index (χ2n) is 9.77. The van der Waals surface area contributed by atoms with Crippen LogP contribution in [0.15, 0.2) is 78.4 Å². The van der Waals surface area contributed by atoms with Gasteiger partial charge >= 0.3 is 0 Å². The number of aromatic nitrogens is 2. The van der Waals surface area contributed by atoms with Gasteiger partial charge in [0.15, 0.2) is 17.2 Å². The van der Waals surface area contributed by atoms with Crippen LogP contribution in [-0.4, -0.2) is 21.1 Å². The molecule has 0 aliphatic heterocycles. The van der Waals surface area contributed by atoms with Crippen LogP contribution in [0.1, 0.15) is 64.6 Å². The van der Waals surface area contributed by atoms with E-state index in [-0.39, 0.29) is 17.1 Å². The predicted molar refractivity (Wildman–Crippen MR) is 146 cm³/mol. The summed E-state index contributed by atoms with van der Waals surface area (Å²) in [6, 6.07) is 24.3. The zero-order valence-corrected chi connectivity index (χ0v) is 20.6. The van der Waals surface area contributed by atoms with E-state index in [4.69, 9.17) is 4.98 Å². The monoisotopic (exact) mass is 488 g/mol. The average Bonchev–Trinajstić information content (AvgIpc) is 3.55. The molecule has 5 aromatic rings. The first-order valence-corrected chi connectivity index (χ1v) is 13.4. The summed E-state index contributed by atoms with van der Waals surface area (Å²) in [6.45, 7) is 0. The maximum absolute atomic E-state index is 13.4. The van der Waals surface area contributed by atoms with Crippen molar-refractivity contribution in [3.8, 4) is 10.6 Å². The summed E-state index contributed by atoms with van der Waals surface area (Å²) in [4.78, 5) is 31.9. The number of Topliss-reactive ketones (excluding diaryl/α,β-unsaturated/α-hetero) is 2. The molecule has 36 heavy (non-hydrogen) atoms. The van der Waals surface area contributed by atoms with Gasteiger partial charge in [-0.15, -0.1) is 11.3 Å². The molecule has 0 radical (unpaired) electrons. The van der Waals surface area contributed by atoms with Crippen LogP contribution < -0.4 is 0 Å². The molecule has 0 atom stereocenters. The highest BCUT2D eigenvalue weighted by Crippen LogP contribution is 2.39. The summed E-state index contributed by atoms with van der Waals surface area (Å²) >= 11 is 1.67. The van der Waals surface area contributed by atoms with Gasteiger partial charge in [-0.2, -0.15) is 0 Å². The second-order valence-corrected chi connectivity index (χ2v) is 10.8. The Kier molecular flexibility index (Phi) is 5.00. The quantitative estimate of drug-likeness (QED) is 0.192. The Morgan fingerprint density at radius 3 is 2.11 bits per heavy atom. The van der Waals surface area contributed by atoms with Crippen LogP contribution in [0.5, 0.6) is 0 Å². The number of carbonyl (C=O) groups is 2. The standard InChI is InChI=1S/C31H24N2O2S/c34-28-24-15-20-11-7-8-12-21(20)16-25(24)29(35)26(28)17-23-18-27-30(33(23)22-13-5-2-6-14-22)32-31(36-27)19-9-3-1-4-10-19/h1,3-4,7-12,15-18,22H,2,5-6,13-14H2. The highest BCUT2D eigenvalue weighted by atomic mass is 32.1. The van der Waals surface area contributed by atoms with Crippen LogP contribution in [-0.2, 0) is 0 Å². The van der Waals surface area contributed by atoms with Crippen molar-refractivity contribution in [2.45, 2.75) is 38.1 Å². The number of hydrogen-bond donors (Lipinski definition) is 0. The molecular formula is C31H24N2O2S. The molecule has 1 saturated carbocycles. The number of hydrogen-bond acceptors (Lipinski definition) is 4. The van der Waals surface area contributed by atoms with Crippen molar-refractivity contribution in [2.75, 3.05) is 0 Å². The molecule has 4 nitrogen and oxygen atoms in total. The van der Waals surface area contributed by atoms with Crippen molar-refractivity contribution in [1.82, 2.24) is 9.55 Å². The van der Waals surface area contributed by atoms with Crippen LogP contribution in [0.3, 0.4) is 0 Å². The minimum atomic E-state index is -0.182. The van der Waals surface area contributed by atoms with Crippen LogP contribution in [0.25, 0.3) is 37.8 Å². The fraction of sp³-hybridized carbons (Fsp3) is 0.194. The molecule has 0 spiro atoms. The third-order valence-electron chi connectivity index (χ3n) is 7.54. The predicted octanol–water partition coefficient (Wildman–Crippen LogP) is 7.89. The van der Waals surface area contributed by atoms with Gasteiger partial charge in [0.2, 0.25) is 0 Å². The van der Waals surface area contributed by atoms with E-state index in [1.807, 2.05) is 60.7 Å². The number of ketones is 2. The van der Waals surface area contributed by atoms with E-state index < -0.39 is 0 Å². The van der Waals surface area contributed by atoms with Gasteiger partial charge in [0, 0.05) is 28.4 Å². The zero-order chi connectivity index (χ0) is 24.2. The Morgan fingerprint density at radius 2 is 1.44 bits per heavy atom. The van der Waals surface area contributed by atoms with Gasteiger partial charge in [0.25, 0.3) is 0 Å². The molecule has 176 valence electrons. The molecule has 2 aliphatic rings. The van der Waals surface area contributed by atoms with E-state index in [1.165, 1.54) is 19.3 Å². The fourth-order valence-electron chi connectivity index (χ4n) is 5.74. The maximum atomic E-state index is 13.4. The number of thiazole rings is 1. The van der Waals surface area contributed by atoms with Crippen LogP contribution >= 0.6 is 11.3 Å². The van der Waals surface area contributed by atoms with E-state index >= 15 is 0 Å². The molecule has 0 unspecified atom stereocenters. The molecule has 0 N–H and O–H groups in total. The highest BCUT2D eigenvalue weighted by molar-refractivity contribution is 7.21. The van der Waals surface area contributed by atoms with E-state index in [0.717, 1.165) is 50.2 Å². The van der Waals surface area contributed by atoms with Gasteiger partial charge in [-0.1, -0.05) is 73.9 Å². The molecular weight excluding hydrogens is 464 g/mol. The lowest BCUT2D eigenvalue weighted by Crippen LogP contribution is -2.14. The lowest BCUT2D eigenvalue weighted by Gasteiger charge is -2.25. The number of allylic oxidation sites excluding steroid dienone is 1. The Labute approximate surface area is 212 Å². The van der Waals surface area contributed by atoms with Gasteiger partial charge in [-0.3, -0.25) is 9.59 Å². The highest BCUT2D eigenvalue weighted by Gasteiger charge is 2.34. The van der Waals surface area contributed by atoms with E-state index in [0.29, 0.717) is 17.2 Å². The first-order valence-electron chi connectivity index (χ1n) is 12.6. The van der Waals surface area contributed by atoms with Crippen LogP contribution in [0, 0.1) is 0 Å². The molecule has 7 rings (SSSR count). The van der Waals surface area contributed by atoms with Gasteiger partial charge in [-0.25, -0.2) is 4.98 Å². The fourth-order valence-corrected chi connectivity index (χ4v) is 6.75. The molecule has 2 aromatic heterocycles. The Morgan fingerprint density at radius 1 is 0.806 bits per heavy atom. The Balaban J connectivity index is 1.36. The van der Waals surface area contributed by atoms with Crippen LogP contribution in [0.4, 0.5) is 0 Å². The summed E-state index contributed by atoms with van der Waals surface area (Å²) in [5.74, 6) is -0.364. The minimum absolute atomic E-state index is 0.182. The third-order valence-corrected chi connectivity index (χ3v) is 8.58. The van der Waals surface area contributed by atoms with Gasteiger partial charge in [-0.05, 0) is 47.9 Å². The second kappa shape index (κ2) is 8.38. The molecule has 2 aliphatic carbocycles. The number of fused-ring (bicyclic) bond motifs is 3. The molecule has 0 amide bonds. The maximum Gasteiger partial charge on any atom is 0.197 e. The largest absolute Gasteiger partial charge is 0.322 e. The topological polar surface area (TPSA) is 52.0 Å². The van der Waals surface area contributed by atoms with Crippen LogP contribution in [0.2, 0.25) is 0 Å². The van der Waals surface area contributed by atoms with Crippen molar-refractivity contribution in [2.24, 2.45) is 0 Å². The molecule has 0 saturated heterocycles. The normalized spacial score (nSPS) is 16.3. The van der Waals surface area contributed by atoms with E-state index in [9.17, 15) is 9.59 Å². The Bertz CT molecular complexity index is 1640.